The molecule has 0 saturated heterocycles. The molecule has 0 spiro atoms. The van der Waals surface area contributed by atoms with Gasteiger partial charge >= 0.3 is 5.97 Å². The minimum atomic E-state index is -0.798. The molecule has 3 nitrogen and oxygen atoms in total. The number of anilines is 1. The maximum absolute atomic E-state index is 11.9. The summed E-state index contributed by atoms with van der Waals surface area (Å²) in [6, 6.07) is 4.54. The van der Waals surface area contributed by atoms with Crippen molar-refractivity contribution in [3.63, 3.8) is 0 Å². The molecule has 3 heteroatoms. The molecule has 0 unspecified atom stereocenters. The highest BCUT2D eigenvalue weighted by atomic mass is 16.4. The zero-order valence-corrected chi connectivity index (χ0v) is 16.1. The molecule has 1 N–H and O–H groups in total. The number of hydrogen-bond donors (Lipinski definition) is 1. The summed E-state index contributed by atoms with van der Waals surface area (Å²) in [6.07, 6.45) is 20.0. The van der Waals surface area contributed by atoms with E-state index in [9.17, 15) is 9.90 Å². The van der Waals surface area contributed by atoms with Crippen LogP contribution in [-0.2, 0) is 0 Å². The maximum atomic E-state index is 11.9. The van der Waals surface area contributed by atoms with E-state index >= 15 is 0 Å². The van der Waals surface area contributed by atoms with Crippen LogP contribution in [0, 0.1) is 17.8 Å². The molecule has 0 aromatic heterocycles. The number of benzene rings is 1. The van der Waals surface area contributed by atoms with Crippen molar-refractivity contribution in [2.24, 2.45) is 17.8 Å². The fraction of sp³-hybridized carbons (Fsp3) is 0.480. The SMILES string of the molecule is O=C(O)c1cc2c3c(c1)[C@@H]1C=CC[C@@H]1[C@H]([C@@H]1CC=CCC1)N3C[C@H]1CC=C[C@H]21. The summed E-state index contributed by atoms with van der Waals surface area (Å²) < 4.78 is 0. The molecule has 0 radical (unpaired) electrons. The van der Waals surface area contributed by atoms with Gasteiger partial charge in [0.2, 0.25) is 0 Å². The number of carbonyl (C=O) groups is 1. The highest BCUT2D eigenvalue weighted by Crippen LogP contribution is 2.57. The van der Waals surface area contributed by atoms with Crippen LogP contribution in [-0.4, -0.2) is 23.7 Å². The summed E-state index contributed by atoms with van der Waals surface area (Å²) >= 11 is 0. The van der Waals surface area contributed by atoms with Gasteiger partial charge in [-0.1, -0.05) is 36.5 Å². The summed E-state index contributed by atoms with van der Waals surface area (Å²) in [6.45, 7) is 1.12. The number of allylic oxidation sites excluding steroid dienone is 6. The third kappa shape index (κ3) is 2.25. The smallest absolute Gasteiger partial charge is 0.335 e. The van der Waals surface area contributed by atoms with Gasteiger partial charge in [0.05, 0.1) is 5.56 Å². The lowest BCUT2D eigenvalue weighted by Crippen LogP contribution is -2.54. The summed E-state index contributed by atoms with van der Waals surface area (Å²) in [4.78, 5) is 14.6. The normalized spacial score (nSPS) is 36.9. The van der Waals surface area contributed by atoms with Crippen molar-refractivity contribution in [2.45, 2.75) is 50.0 Å². The van der Waals surface area contributed by atoms with Crippen LogP contribution in [0.3, 0.4) is 0 Å². The predicted molar refractivity (Wildman–Crippen MR) is 111 cm³/mol. The highest BCUT2D eigenvalue weighted by Gasteiger charge is 2.49. The first-order chi connectivity index (χ1) is 13.7. The van der Waals surface area contributed by atoms with Gasteiger partial charge in [-0.2, -0.15) is 0 Å². The minimum Gasteiger partial charge on any atom is -0.478 e. The van der Waals surface area contributed by atoms with Gasteiger partial charge in [-0.05, 0) is 73.1 Å². The number of fused-ring (bicyclic) bond motifs is 4. The monoisotopic (exact) mass is 373 g/mol. The van der Waals surface area contributed by atoms with Crippen LogP contribution in [0.2, 0.25) is 0 Å². The molecule has 6 rings (SSSR count). The Labute approximate surface area is 166 Å². The first-order valence-corrected chi connectivity index (χ1v) is 10.9. The van der Waals surface area contributed by atoms with Crippen LogP contribution >= 0.6 is 0 Å². The Bertz CT molecular complexity index is 909. The van der Waals surface area contributed by atoms with Gasteiger partial charge in [0.25, 0.3) is 0 Å². The summed E-state index contributed by atoms with van der Waals surface area (Å²) in [7, 11) is 0. The number of rotatable bonds is 2. The average Bonchev–Trinajstić information content (AvgIpc) is 3.38. The number of carboxylic acids is 1. The van der Waals surface area contributed by atoms with Crippen LogP contribution < -0.4 is 4.90 Å². The van der Waals surface area contributed by atoms with Crippen LogP contribution in [0.15, 0.2) is 48.6 Å². The average molecular weight is 373 g/mol. The lowest BCUT2D eigenvalue weighted by Gasteiger charge is -2.53. The molecule has 1 aromatic rings. The Morgan fingerprint density at radius 2 is 1.68 bits per heavy atom. The Kier molecular flexibility index (Phi) is 3.63. The molecule has 0 amide bonds. The predicted octanol–water partition coefficient (Wildman–Crippen LogP) is 5.26. The molecule has 0 fully saturated rings. The molecule has 28 heavy (non-hydrogen) atoms. The standard InChI is InChI=1S/C25H27NO2/c27-25(28)17-12-21-18-9-4-8-16(18)14-26-23(15-6-2-1-3-7-15)20-11-5-10-19(20)22(13-17)24(21)26/h1-2,4-5,9-10,12-13,15-16,18-20,23H,3,6-8,11,14H2,(H,27,28)/t15-,16-,18+,19-,20+,23+/m1/s1. The maximum Gasteiger partial charge on any atom is 0.335 e. The second-order valence-corrected chi connectivity index (χ2v) is 9.30. The first kappa shape index (κ1) is 16.6. The molecule has 3 aliphatic carbocycles. The van der Waals surface area contributed by atoms with Crippen LogP contribution in [0.5, 0.6) is 0 Å². The molecule has 0 bridgehead atoms. The molecule has 2 aliphatic heterocycles. The zero-order chi connectivity index (χ0) is 18.8. The van der Waals surface area contributed by atoms with E-state index in [1.807, 2.05) is 12.1 Å². The van der Waals surface area contributed by atoms with E-state index in [4.69, 9.17) is 0 Å². The number of nitrogens with zero attached hydrogens (tertiary/aromatic N) is 1. The Hall–Kier alpha value is -2.29. The van der Waals surface area contributed by atoms with E-state index in [-0.39, 0.29) is 0 Å². The Balaban J connectivity index is 1.56. The van der Waals surface area contributed by atoms with Gasteiger partial charge in [0.15, 0.2) is 0 Å². The largest absolute Gasteiger partial charge is 0.478 e. The van der Waals surface area contributed by atoms with Gasteiger partial charge < -0.3 is 10.0 Å². The molecule has 144 valence electrons. The van der Waals surface area contributed by atoms with Crippen LogP contribution in [0.1, 0.15) is 65.4 Å². The molecule has 0 saturated carbocycles. The van der Waals surface area contributed by atoms with E-state index in [1.165, 1.54) is 36.1 Å². The van der Waals surface area contributed by atoms with Crippen molar-refractivity contribution < 1.29 is 9.90 Å². The second-order valence-electron chi connectivity index (χ2n) is 9.30. The fourth-order valence-corrected chi connectivity index (χ4v) is 6.83. The number of carboxylic acid groups (broad SMARTS) is 1. The minimum absolute atomic E-state index is 0.377. The molecule has 1 aromatic carbocycles. The van der Waals surface area contributed by atoms with Crippen molar-refractivity contribution in [1.82, 2.24) is 0 Å². The van der Waals surface area contributed by atoms with Crippen molar-refractivity contribution in [2.75, 3.05) is 11.4 Å². The van der Waals surface area contributed by atoms with Crippen molar-refractivity contribution in [3.8, 4) is 0 Å². The summed E-state index contributed by atoms with van der Waals surface area (Å²) in [5.41, 5.74) is 4.39. The summed E-state index contributed by atoms with van der Waals surface area (Å²) in [5.74, 6) is 1.86. The lowest BCUT2D eigenvalue weighted by atomic mass is 9.67. The molecular formula is C25H27NO2. The second kappa shape index (κ2) is 6.10. The van der Waals surface area contributed by atoms with Crippen LogP contribution in [0.4, 0.5) is 5.69 Å². The van der Waals surface area contributed by atoms with E-state index in [2.05, 4.69) is 41.4 Å². The van der Waals surface area contributed by atoms with Gasteiger partial charge in [0.1, 0.15) is 0 Å². The van der Waals surface area contributed by atoms with Crippen molar-refractivity contribution in [1.29, 1.82) is 0 Å². The van der Waals surface area contributed by atoms with Gasteiger partial charge in [-0.3, -0.25) is 0 Å². The van der Waals surface area contributed by atoms with Crippen molar-refractivity contribution in [3.05, 3.63) is 65.3 Å². The van der Waals surface area contributed by atoms with E-state index in [1.54, 1.807) is 0 Å². The van der Waals surface area contributed by atoms with Gasteiger partial charge in [0, 0.05) is 30.1 Å². The molecular weight excluding hydrogens is 346 g/mol. The quantitative estimate of drug-likeness (QED) is 0.719. The first-order valence-electron chi connectivity index (χ1n) is 10.9. The zero-order valence-electron chi connectivity index (χ0n) is 16.1. The third-order valence-corrected chi connectivity index (χ3v) is 7.95. The lowest BCUT2D eigenvalue weighted by molar-refractivity contribution is 0.0696. The number of hydrogen-bond acceptors (Lipinski definition) is 2. The summed E-state index contributed by atoms with van der Waals surface area (Å²) in [5, 5.41) is 9.77. The fourth-order valence-electron chi connectivity index (χ4n) is 6.83. The molecule has 6 atom stereocenters. The van der Waals surface area contributed by atoms with E-state index < -0.39 is 5.97 Å². The topological polar surface area (TPSA) is 40.5 Å². The van der Waals surface area contributed by atoms with Gasteiger partial charge in [-0.25, -0.2) is 4.79 Å². The highest BCUT2D eigenvalue weighted by molar-refractivity contribution is 5.90. The van der Waals surface area contributed by atoms with Crippen molar-refractivity contribution >= 4 is 11.7 Å². The molecule has 5 aliphatic rings. The molecule has 2 heterocycles. The number of aromatic carboxylic acids is 1. The van der Waals surface area contributed by atoms with Crippen LogP contribution in [0.25, 0.3) is 0 Å². The van der Waals surface area contributed by atoms with Gasteiger partial charge in [-0.15, -0.1) is 0 Å². The third-order valence-electron chi connectivity index (χ3n) is 7.95. The van der Waals surface area contributed by atoms with E-state index in [0.717, 1.165) is 19.4 Å². The van der Waals surface area contributed by atoms with E-state index in [0.29, 0.717) is 41.2 Å². The Morgan fingerprint density at radius 1 is 0.929 bits per heavy atom. The Morgan fingerprint density at radius 3 is 2.46 bits per heavy atom.